The fourth-order valence-electron chi connectivity index (χ4n) is 2.05. The lowest BCUT2D eigenvalue weighted by Gasteiger charge is -2.18. The van der Waals surface area contributed by atoms with Gasteiger partial charge in [-0.3, -0.25) is 4.79 Å². The molecule has 0 spiro atoms. The van der Waals surface area contributed by atoms with Crippen molar-refractivity contribution in [1.82, 2.24) is 0 Å². The highest BCUT2D eigenvalue weighted by Crippen LogP contribution is 2.26. The van der Waals surface area contributed by atoms with Gasteiger partial charge in [-0.05, 0) is 34.8 Å². The van der Waals surface area contributed by atoms with E-state index in [2.05, 4.69) is 20.8 Å². The highest BCUT2D eigenvalue weighted by atomic mass is 35.5. The molecule has 0 aliphatic heterocycles. The van der Waals surface area contributed by atoms with E-state index in [-0.39, 0.29) is 11.2 Å². The number of benzene rings is 2. The topological polar surface area (TPSA) is 17.1 Å². The summed E-state index contributed by atoms with van der Waals surface area (Å²) in [7, 11) is 0. The number of carbonyl (C=O) groups is 1. The smallest absolute Gasteiger partial charge is 0.185 e. The van der Waals surface area contributed by atoms with Crippen molar-refractivity contribution in [3.8, 4) is 0 Å². The third-order valence-corrected chi connectivity index (χ3v) is 4.26. The van der Waals surface area contributed by atoms with Crippen LogP contribution in [0, 0.1) is 0 Å². The second kappa shape index (κ2) is 6.68. The Balaban J connectivity index is 2.19. The first-order chi connectivity index (χ1) is 10.3. The van der Waals surface area contributed by atoms with Crippen molar-refractivity contribution in [2.45, 2.75) is 26.2 Å². The van der Waals surface area contributed by atoms with Gasteiger partial charge in [-0.15, -0.1) is 0 Å². The Morgan fingerprint density at radius 1 is 1.00 bits per heavy atom. The summed E-state index contributed by atoms with van der Waals surface area (Å²) in [4.78, 5) is 12.2. The molecular formula is C19H18Cl2O. The zero-order valence-corrected chi connectivity index (χ0v) is 14.4. The van der Waals surface area contributed by atoms with Crippen molar-refractivity contribution in [3.63, 3.8) is 0 Å². The number of hydrogen-bond acceptors (Lipinski definition) is 1. The van der Waals surface area contributed by atoms with Gasteiger partial charge in [0.25, 0.3) is 0 Å². The Labute approximate surface area is 141 Å². The maximum atomic E-state index is 12.2. The van der Waals surface area contributed by atoms with Gasteiger partial charge in [0, 0.05) is 5.56 Å². The second-order valence-electron chi connectivity index (χ2n) is 6.17. The van der Waals surface area contributed by atoms with Gasteiger partial charge >= 0.3 is 0 Å². The molecule has 0 saturated carbocycles. The summed E-state index contributed by atoms with van der Waals surface area (Å²) < 4.78 is 0. The summed E-state index contributed by atoms with van der Waals surface area (Å²) >= 11 is 12.1. The van der Waals surface area contributed by atoms with Crippen LogP contribution in [0.15, 0.2) is 48.5 Å². The van der Waals surface area contributed by atoms with E-state index in [0.717, 1.165) is 5.56 Å². The highest BCUT2D eigenvalue weighted by Gasteiger charge is 2.13. The normalized spacial score (nSPS) is 11.9. The highest BCUT2D eigenvalue weighted by molar-refractivity contribution is 6.42. The summed E-state index contributed by atoms with van der Waals surface area (Å²) in [6, 6.07) is 13.0. The number of hydrogen-bond donors (Lipinski definition) is 0. The molecule has 114 valence electrons. The molecule has 0 radical (unpaired) electrons. The van der Waals surface area contributed by atoms with Gasteiger partial charge in [-0.1, -0.05) is 80.4 Å². The molecule has 0 heterocycles. The molecule has 2 aromatic rings. The molecule has 1 nitrogen and oxygen atoms in total. The van der Waals surface area contributed by atoms with Crippen LogP contribution in [0.4, 0.5) is 0 Å². The van der Waals surface area contributed by atoms with Gasteiger partial charge < -0.3 is 0 Å². The van der Waals surface area contributed by atoms with E-state index in [1.165, 1.54) is 11.6 Å². The molecule has 0 bridgehead atoms. The predicted molar refractivity (Wildman–Crippen MR) is 95.0 cm³/mol. The van der Waals surface area contributed by atoms with Gasteiger partial charge in [0.1, 0.15) is 0 Å². The molecular weight excluding hydrogens is 315 g/mol. The molecule has 0 aliphatic rings. The third kappa shape index (κ3) is 4.00. The SMILES string of the molecule is CC(C)(C)c1ccc(C(=O)/C=C/c2cccc(Cl)c2Cl)cc1. The molecule has 22 heavy (non-hydrogen) atoms. The van der Waals surface area contributed by atoms with Gasteiger partial charge in [0.05, 0.1) is 10.0 Å². The lowest BCUT2D eigenvalue weighted by Crippen LogP contribution is -2.11. The summed E-state index contributed by atoms with van der Waals surface area (Å²) in [6.45, 7) is 6.43. The van der Waals surface area contributed by atoms with E-state index in [1.807, 2.05) is 30.3 Å². The van der Waals surface area contributed by atoms with Crippen LogP contribution in [0.3, 0.4) is 0 Å². The Morgan fingerprint density at radius 2 is 1.64 bits per heavy atom. The lowest BCUT2D eigenvalue weighted by molar-refractivity contribution is 0.104. The molecule has 2 rings (SSSR count). The minimum Gasteiger partial charge on any atom is -0.289 e. The quantitative estimate of drug-likeness (QED) is 0.484. The summed E-state index contributed by atoms with van der Waals surface area (Å²) in [5.41, 5.74) is 2.66. The number of rotatable bonds is 3. The largest absolute Gasteiger partial charge is 0.289 e. The average Bonchev–Trinajstić information content (AvgIpc) is 2.48. The Morgan fingerprint density at radius 3 is 2.23 bits per heavy atom. The predicted octanol–water partition coefficient (Wildman–Crippen LogP) is 6.19. The molecule has 0 unspecified atom stereocenters. The Bertz CT molecular complexity index is 707. The molecule has 0 fully saturated rings. The van der Waals surface area contributed by atoms with E-state index in [4.69, 9.17) is 23.2 Å². The third-order valence-electron chi connectivity index (χ3n) is 3.43. The molecule has 3 heteroatoms. The summed E-state index contributed by atoms with van der Waals surface area (Å²) in [6.07, 6.45) is 3.21. The van der Waals surface area contributed by atoms with Crippen LogP contribution in [0.25, 0.3) is 6.08 Å². The molecule has 0 saturated heterocycles. The minimum atomic E-state index is -0.0588. The van der Waals surface area contributed by atoms with Crippen molar-refractivity contribution >= 4 is 35.1 Å². The van der Waals surface area contributed by atoms with Crippen LogP contribution >= 0.6 is 23.2 Å². The van der Waals surface area contributed by atoms with Crippen LogP contribution in [0.1, 0.15) is 42.3 Å². The molecule has 0 aromatic heterocycles. The van der Waals surface area contributed by atoms with Gasteiger partial charge in [-0.2, -0.15) is 0 Å². The van der Waals surface area contributed by atoms with Crippen molar-refractivity contribution in [3.05, 3.63) is 75.3 Å². The summed E-state index contributed by atoms with van der Waals surface area (Å²) in [5, 5.41) is 0.932. The van der Waals surface area contributed by atoms with E-state index >= 15 is 0 Å². The second-order valence-corrected chi connectivity index (χ2v) is 6.95. The molecule has 0 N–H and O–H groups in total. The average molecular weight is 333 g/mol. The number of halogens is 2. The van der Waals surface area contributed by atoms with Crippen molar-refractivity contribution in [2.75, 3.05) is 0 Å². The zero-order chi connectivity index (χ0) is 16.3. The number of carbonyl (C=O) groups excluding carboxylic acids is 1. The van der Waals surface area contributed by atoms with E-state index in [9.17, 15) is 4.79 Å². The number of ketones is 1. The maximum Gasteiger partial charge on any atom is 0.185 e. The zero-order valence-electron chi connectivity index (χ0n) is 12.9. The van der Waals surface area contributed by atoms with E-state index < -0.39 is 0 Å². The molecule has 0 atom stereocenters. The van der Waals surface area contributed by atoms with Gasteiger partial charge in [0.15, 0.2) is 5.78 Å². The molecule has 0 aliphatic carbocycles. The van der Waals surface area contributed by atoms with E-state index in [0.29, 0.717) is 15.6 Å². The van der Waals surface area contributed by atoms with Crippen molar-refractivity contribution < 1.29 is 4.79 Å². The van der Waals surface area contributed by atoms with Crippen LogP contribution in [-0.2, 0) is 5.41 Å². The first-order valence-electron chi connectivity index (χ1n) is 7.06. The van der Waals surface area contributed by atoms with Gasteiger partial charge in [0.2, 0.25) is 0 Å². The van der Waals surface area contributed by atoms with E-state index in [1.54, 1.807) is 18.2 Å². The van der Waals surface area contributed by atoms with Crippen LogP contribution in [-0.4, -0.2) is 5.78 Å². The van der Waals surface area contributed by atoms with Crippen LogP contribution < -0.4 is 0 Å². The molecule has 2 aromatic carbocycles. The number of allylic oxidation sites excluding steroid dienone is 1. The maximum absolute atomic E-state index is 12.2. The Hall–Kier alpha value is -1.57. The standard InChI is InChI=1S/C19H18Cl2O/c1-19(2,3)15-10-7-13(8-11-15)17(22)12-9-14-5-4-6-16(20)18(14)21/h4-12H,1-3H3/b12-9+. The Kier molecular flexibility index (Phi) is 5.10. The minimum absolute atomic E-state index is 0.0588. The first kappa shape index (κ1) is 16.8. The summed E-state index contributed by atoms with van der Waals surface area (Å²) in [5.74, 6) is -0.0588. The fraction of sp³-hybridized carbons (Fsp3) is 0.211. The first-order valence-corrected chi connectivity index (χ1v) is 7.81. The van der Waals surface area contributed by atoms with Crippen LogP contribution in [0.5, 0.6) is 0 Å². The molecule has 0 amide bonds. The lowest BCUT2D eigenvalue weighted by atomic mass is 9.86. The fourth-order valence-corrected chi connectivity index (χ4v) is 2.42. The monoisotopic (exact) mass is 332 g/mol. The van der Waals surface area contributed by atoms with Crippen molar-refractivity contribution in [1.29, 1.82) is 0 Å². The van der Waals surface area contributed by atoms with Gasteiger partial charge in [-0.25, -0.2) is 0 Å². The van der Waals surface area contributed by atoms with Crippen LogP contribution in [0.2, 0.25) is 10.0 Å². The van der Waals surface area contributed by atoms with Crippen molar-refractivity contribution in [2.24, 2.45) is 0 Å².